The van der Waals surface area contributed by atoms with Crippen LogP contribution in [0.25, 0.3) is 0 Å². The van der Waals surface area contributed by atoms with Crippen molar-refractivity contribution in [3.8, 4) is 5.75 Å². The van der Waals surface area contributed by atoms with Gasteiger partial charge in [-0.15, -0.1) is 0 Å². The first-order chi connectivity index (χ1) is 12.0. The number of benzene rings is 1. The van der Waals surface area contributed by atoms with Crippen molar-refractivity contribution in [3.63, 3.8) is 0 Å². The number of urea groups is 1. The quantitative estimate of drug-likeness (QED) is 0.867. The SMILES string of the molecule is CC(C)C1CCCN1C(=O)NC1CCCc2cc(OC(F)F)ccc21. The van der Waals surface area contributed by atoms with E-state index in [1.807, 2.05) is 4.90 Å². The second-order valence-electron chi connectivity index (χ2n) is 7.28. The Morgan fingerprint density at radius 1 is 1.28 bits per heavy atom. The van der Waals surface area contributed by atoms with Gasteiger partial charge in [-0.3, -0.25) is 0 Å². The highest BCUT2D eigenvalue weighted by molar-refractivity contribution is 5.75. The van der Waals surface area contributed by atoms with Crippen LogP contribution in [0.15, 0.2) is 18.2 Å². The van der Waals surface area contributed by atoms with Gasteiger partial charge in [0.2, 0.25) is 0 Å². The van der Waals surface area contributed by atoms with Crippen molar-refractivity contribution in [1.29, 1.82) is 0 Å². The number of hydrogen-bond acceptors (Lipinski definition) is 2. The van der Waals surface area contributed by atoms with Crippen LogP contribution in [-0.2, 0) is 6.42 Å². The van der Waals surface area contributed by atoms with Crippen molar-refractivity contribution in [1.82, 2.24) is 10.2 Å². The second kappa shape index (κ2) is 7.58. The molecule has 1 aromatic rings. The monoisotopic (exact) mass is 352 g/mol. The van der Waals surface area contributed by atoms with Crippen molar-refractivity contribution in [2.45, 2.75) is 64.6 Å². The molecule has 1 heterocycles. The predicted molar refractivity (Wildman–Crippen MR) is 91.9 cm³/mol. The smallest absolute Gasteiger partial charge is 0.387 e. The van der Waals surface area contributed by atoms with Crippen molar-refractivity contribution < 1.29 is 18.3 Å². The lowest BCUT2D eigenvalue weighted by Crippen LogP contribution is -2.46. The van der Waals surface area contributed by atoms with Crippen LogP contribution < -0.4 is 10.1 Å². The summed E-state index contributed by atoms with van der Waals surface area (Å²) in [5, 5.41) is 3.16. The molecule has 138 valence electrons. The minimum Gasteiger partial charge on any atom is -0.435 e. The molecule has 2 unspecified atom stereocenters. The molecule has 4 nitrogen and oxygen atoms in total. The van der Waals surface area contributed by atoms with Crippen molar-refractivity contribution in [2.24, 2.45) is 5.92 Å². The summed E-state index contributed by atoms with van der Waals surface area (Å²) in [6.45, 7) is 2.28. The van der Waals surface area contributed by atoms with Crippen LogP contribution in [0, 0.1) is 5.92 Å². The topological polar surface area (TPSA) is 41.6 Å². The molecule has 3 rings (SSSR count). The molecule has 6 heteroatoms. The molecule has 2 amide bonds. The number of carbonyl (C=O) groups excluding carboxylic acids is 1. The Labute approximate surface area is 147 Å². The number of fused-ring (bicyclic) bond motifs is 1. The standard InChI is InChI=1S/C19H26F2N2O2/c1-12(2)17-7-4-10-23(17)19(24)22-16-6-3-5-13-11-14(25-18(20)21)8-9-15(13)16/h8-9,11-12,16-18H,3-7,10H2,1-2H3,(H,22,24). The maximum Gasteiger partial charge on any atom is 0.387 e. The minimum atomic E-state index is -2.82. The molecular weight excluding hydrogens is 326 g/mol. The van der Waals surface area contributed by atoms with Crippen molar-refractivity contribution >= 4 is 6.03 Å². The van der Waals surface area contributed by atoms with E-state index in [0.717, 1.165) is 49.8 Å². The van der Waals surface area contributed by atoms with Gasteiger partial charge in [-0.1, -0.05) is 19.9 Å². The molecule has 1 fully saturated rings. The van der Waals surface area contributed by atoms with Gasteiger partial charge in [0.1, 0.15) is 5.75 Å². The van der Waals surface area contributed by atoms with E-state index in [1.165, 1.54) is 0 Å². The van der Waals surface area contributed by atoms with Gasteiger partial charge in [-0.05, 0) is 61.3 Å². The summed E-state index contributed by atoms with van der Waals surface area (Å²) in [5.74, 6) is 0.626. The Kier molecular flexibility index (Phi) is 5.45. The van der Waals surface area contributed by atoms with E-state index in [1.54, 1.807) is 18.2 Å². The van der Waals surface area contributed by atoms with E-state index < -0.39 is 6.61 Å². The van der Waals surface area contributed by atoms with Gasteiger partial charge in [0.25, 0.3) is 0 Å². The van der Waals surface area contributed by atoms with Crippen LogP contribution >= 0.6 is 0 Å². The third-order valence-electron chi connectivity index (χ3n) is 5.28. The number of alkyl halides is 2. The fraction of sp³-hybridized carbons (Fsp3) is 0.632. The summed E-state index contributed by atoms with van der Waals surface area (Å²) in [6.07, 6.45) is 4.71. The van der Waals surface area contributed by atoms with Crippen LogP contribution in [0.2, 0.25) is 0 Å². The number of rotatable bonds is 4. The first-order valence-corrected chi connectivity index (χ1v) is 9.10. The van der Waals surface area contributed by atoms with Crippen molar-refractivity contribution in [3.05, 3.63) is 29.3 Å². The first-order valence-electron chi connectivity index (χ1n) is 9.10. The fourth-order valence-electron chi connectivity index (χ4n) is 4.09. The lowest BCUT2D eigenvalue weighted by molar-refractivity contribution is -0.0499. The van der Waals surface area contributed by atoms with Gasteiger partial charge >= 0.3 is 12.6 Å². The minimum absolute atomic E-state index is 0.0121. The van der Waals surface area contributed by atoms with Crippen LogP contribution in [0.5, 0.6) is 5.75 Å². The normalized spacial score (nSPS) is 23.0. The van der Waals surface area contributed by atoms with E-state index in [0.29, 0.717) is 12.0 Å². The Morgan fingerprint density at radius 3 is 2.80 bits per heavy atom. The lowest BCUT2D eigenvalue weighted by Gasteiger charge is -2.32. The van der Waals surface area contributed by atoms with Crippen LogP contribution in [-0.4, -0.2) is 30.1 Å². The second-order valence-corrected chi connectivity index (χ2v) is 7.28. The maximum absolute atomic E-state index is 12.7. The number of ether oxygens (including phenoxy) is 1. The Hall–Kier alpha value is -1.85. The Bertz CT molecular complexity index is 621. The average Bonchev–Trinajstić information content (AvgIpc) is 3.04. The fourth-order valence-corrected chi connectivity index (χ4v) is 4.09. The van der Waals surface area contributed by atoms with Gasteiger partial charge < -0.3 is 15.0 Å². The molecule has 1 N–H and O–H groups in total. The molecule has 2 aliphatic rings. The average molecular weight is 352 g/mol. The zero-order chi connectivity index (χ0) is 18.0. The zero-order valence-corrected chi connectivity index (χ0v) is 14.8. The molecule has 25 heavy (non-hydrogen) atoms. The summed E-state index contributed by atoms with van der Waals surface area (Å²) < 4.78 is 29.3. The summed E-state index contributed by atoms with van der Waals surface area (Å²) in [6, 6.07) is 5.26. The van der Waals surface area contributed by atoms with E-state index in [4.69, 9.17) is 0 Å². The summed E-state index contributed by atoms with van der Waals surface area (Å²) >= 11 is 0. The molecule has 1 aromatic carbocycles. The van der Waals surface area contributed by atoms with Crippen LogP contribution in [0.4, 0.5) is 13.6 Å². The molecule has 0 bridgehead atoms. The van der Waals surface area contributed by atoms with Gasteiger partial charge in [-0.25, -0.2) is 4.79 Å². The first kappa shape index (κ1) is 18.0. The molecule has 1 saturated heterocycles. The molecule has 1 aliphatic heterocycles. The third-order valence-corrected chi connectivity index (χ3v) is 5.28. The number of aryl methyl sites for hydroxylation is 1. The van der Waals surface area contributed by atoms with Gasteiger partial charge in [0, 0.05) is 12.6 Å². The Morgan fingerprint density at radius 2 is 2.08 bits per heavy atom. The molecule has 0 saturated carbocycles. The van der Waals surface area contributed by atoms with E-state index >= 15 is 0 Å². The van der Waals surface area contributed by atoms with Crippen molar-refractivity contribution in [2.75, 3.05) is 6.54 Å². The molecular formula is C19H26F2N2O2. The highest BCUT2D eigenvalue weighted by Gasteiger charge is 2.32. The van der Waals surface area contributed by atoms with Crippen LogP contribution in [0.1, 0.15) is 56.7 Å². The molecule has 2 atom stereocenters. The highest BCUT2D eigenvalue weighted by Crippen LogP contribution is 2.33. The third kappa shape index (κ3) is 4.05. The van der Waals surface area contributed by atoms with E-state index in [-0.39, 0.29) is 17.8 Å². The van der Waals surface area contributed by atoms with Gasteiger partial charge in [-0.2, -0.15) is 8.78 Å². The number of amides is 2. The number of halogens is 2. The Balaban J connectivity index is 1.71. The van der Waals surface area contributed by atoms with Gasteiger partial charge in [0.05, 0.1) is 6.04 Å². The zero-order valence-electron chi connectivity index (χ0n) is 14.8. The van der Waals surface area contributed by atoms with E-state index in [2.05, 4.69) is 23.9 Å². The molecule has 1 aliphatic carbocycles. The highest BCUT2D eigenvalue weighted by atomic mass is 19.3. The summed E-state index contributed by atoms with van der Waals surface area (Å²) in [4.78, 5) is 14.7. The number of nitrogens with one attached hydrogen (secondary N) is 1. The number of hydrogen-bond donors (Lipinski definition) is 1. The molecule has 0 spiro atoms. The lowest BCUT2D eigenvalue weighted by atomic mass is 9.87. The largest absolute Gasteiger partial charge is 0.435 e. The van der Waals surface area contributed by atoms with Crippen LogP contribution in [0.3, 0.4) is 0 Å². The summed E-state index contributed by atoms with van der Waals surface area (Å²) in [5.41, 5.74) is 2.00. The molecule has 0 aromatic heterocycles. The maximum atomic E-state index is 12.7. The number of likely N-dealkylation sites (tertiary alicyclic amines) is 1. The van der Waals surface area contributed by atoms with E-state index in [9.17, 15) is 13.6 Å². The number of nitrogens with zero attached hydrogens (tertiary/aromatic N) is 1. The summed E-state index contributed by atoms with van der Waals surface area (Å²) in [7, 11) is 0. The number of carbonyl (C=O) groups is 1. The predicted octanol–water partition coefficient (Wildman–Crippen LogP) is 4.50. The molecule has 0 radical (unpaired) electrons. The van der Waals surface area contributed by atoms with Gasteiger partial charge in [0.15, 0.2) is 0 Å².